The zero-order valence-corrected chi connectivity index (χ0v) is 9.36. The van der Waals surface area contributed by atoms with Gasteiger partial charge in [0.15, 0.2) is 5.82 Å². The molecule has 1 N–H and O–H groups in total. The summed E-state index contributed by atoms with van der Waals surface area (Å²) in [4.78, 5) is 11.5. The highest BCUT2D eigenvalue weighted by Crippen LogP contribution is 2.32. The van der Waals surface area contributed by atoms with E-state index in [4.69, 9.17) is 4.74 Å². The van der Waals surface area contributed by atoms with Gasteiger partial charge in [-0.05, 0) is 26.2 Å². The molecule has 84 valence electrons. The van der Waals surface area contributed by atoms with Crippen LogP contribution in [0, 0.1) is 5.92 Å². The van der Waals surface area contributed by atoms with Crippen LogP contribution in [0.2, 0.25) is 0 Å². The smallest absolute Gasteiger partial charge is 0.343 e. The van der Waals surface area contributed by atoms with E-state index in [1.165, 1.54) is 0 Å². The van der Waals surface area contributed by atoms with Crippen LogP contribution in [0.25, 0.3) is 0 Å². The minimum absolute atomic E-state index is 0.0358. The van der Waals surface area contributed by atoms with Gasteiger partial charge < -0.3 is 4.74 Å². The Morgan fingerprint density at radius 2 is 2.33 bits per heavy atom. The lowest BCUT2D eigenvalue weighted by atomic mass is 10.0. The normalized spacial score (nSPS) is 26.4. The summed E-state index contributed by atoms with van der Waals surface area (Å²) in [6.07, 6.45) is 0.996. The molecule has 5 heteroatoms. The summed E-state index contributed by atoms with van der Waals surface area (Å²) in [6, 6.07) is 0.114. The second-order valence-corrected chi connectivity index (χ2v) is 4.41. The van der Waals surface area contributed by atoms with Crippen molar-refractivity contribution in [2.45, 2.75) is 39.3 Å². The third-order valence-corrected chi connectivity index (χ3v) is 2.89. The minimum Gasteiger partial charge on any atom is -0.370 e. The predicted molar refractivity (Wildman–Crippen MR) is 55.7 cm³/mol. The van der Waals surface area contributed by atoms with Crippen LogP contribution in [0.15, 0.2) is 4.79 Å². The van der Waals surface area contributed by atoms with Crippen molar-refractivity contribution in [3.05, 3.63) is 16.3 Å². The molecule has 0 spiro atoms. The molecule has 2 atom stereocenters. The van der Waals surface area contributed by atoms with Gasteiger partial charge in [0.2, 0.25) is 0 Å². The second kappa shape index (κ2) is 3.81. The third kappa shape index (κ3) is 1.71. The fraction of sp³-hybridized carbons (Fsp3) is 0.800. The number of H-pyrrole nitrogens is 1. The van der Waals surface area contributed by atoms with Gasteiger partial charge in [-0.1, -0.05) is 6.92 Å². The van der Waals surface area contributed by atoms with Crippen LogP contribution in [-0.2, 0) is 4.74 Å². The van der Waals surface area contributed by atoms with Crippen LogP contribution in [0.5, 0.6) is 0 Å². The molecule has 15 heavy (non-hydrogen) atoms. The first-order valence-corrected chi connectivity index (χ1v) is 5.39. The molecule has 0 aliphatic carbocycles. The van der Waals surface area contributed by atoms with Gasteiger partial charge in [-0.15, -0.1) is 0 Å². The van der Waals surface area contributed by atoms with Crippen molar-refractivity contribution < 1.29 is 4.74 Å². The monoisotopic (exact) mass is 211 g/mol. The lowest BCUT2D eigenvalue weighted by Gasteiger charge is -2.16. The Labute approximate surface area is 88.4 Å². The van der Waals surface area contributed by atoms with Crippen LogP contribution in [0.3, 0.4) is 0 Å². The molecule has 5 nitrogen and oxygen atoms in total. The lowest BCUT2D eigenvalue weighted by molar-refractivity contribution is 0.0828. The number of nitrogens with one attached hydrogen (secondary N) is 1. The molecule has 0 saturated carbocycles. The van der Waals surface area contributed by atoms with Gasteiger partial charge in [-0.3, -0.25) is 4.57 Å². The van der Waals surface area contributed by atoms with Gasteiger partial charge >= 0.3 is 5.69 Å². The molecule has 0 amide bonds. The number of hydrogen-bond donors (Lipinski definition) is 1. The van der Waals surface area contributed by atoms with Crippen LogP contribution < -0.4 is 5.69 Å². The molecule has 1 aromatic heterocycles. The highest BCUT2D eigenvalue weighted by Gasteiger charge is 2.31. The Morgan fingerprint density at radius 3 is 2.87 bits per heavy atom. The topological polar surface area (TPSA) is 59.9 Å². The summed E-state index contributed by atoms with van der Waals surface area (Å²) < 4.78 is 7.29. The molecule has 1 aliphatic heterocycles. The number of hydrogen-bond acceptors (Lipinski definition) is 3. The molecule has 0 radical (unpaired) electrons. The van der Waals surface area contributed by atoms with E-state index in [9.17, 15) is 4.79 Å². The molecular weight excluding hydrogens is 194 g/mol. The minimum atomic E-state index is -0.150. The molecule has 2 rings (SSSR count). The number of rotatable bonds is 2. The molecule has 1 saturated heterocycles. The summed E-state index contributed by atoms with van der Waals surface area (Å²) in [5, 5.41) is 6.56. The van der Waals surface area contributed by atoms with Gasteiger partial charge in [-0.25, -0.2) is 9.89 Å². The molecular formula is C10H17N3O2. The Balaban J connectivity index is 2.39. The summed E-state index contributed by atoms with van der Waals surface area (Å²) in [6.45, 7) is 6.83. The molecule has 1 aromatic rings. The van der Waals surface area contributed by atoms with Gasteiger partial charge in [-0.2, -0.15) is 5.10 Å². The van der Waals surface area contributed by atoms with Crippen LogP contribution in [0.4, 0.5) is 0 Å². The Hall–Kier alpha value is -1.10. The first kappa shape index (κ1) is 10.4. The molecule has 0 bridgehead atoms. The van der Waals surface area contributed by atoms with Crippen molar-refractivity contribution in [3.63, 3.8) is 0 Å². The van der Waals surface area contributed by atoms with E-state index in [0.29, 0.717) is 5.92 Å². The second-order valence-electron chi connectivity index (χ2n) is 4.41. The standard InChI is InChI=1S/C10H17N3O2/c1-6(2)13-9(11-12-10(13)14)8-7(3)4-5-15-8/h6-8H,4-5H2,1-3H3,(H,12,14)/t7-,8-/m1/s1. The van der Waals surface area contributed by atoms with E-state index in [1.807, 2.05) is 13.8 Å². The van der Waals surface area contributed by atoms with E-state index < -0.39 is 0 Å². The highest BCUT2D eigenvalue weighted by molar-refractivity contribution is 4.97. The van der Waals surface area contributed by atoms with Crippen molar-refractivity contribution in [1.82, 2.24) is 14.8 Å². The quantitative estimate of drug-likeness (QED) is 0.800. The molecule has 2 heterocycles. The number of aromatic nitrogens is 3. The van der Waals surface area contributed by atoms with E-state index in [2.05, 4.69) is 17.1 Å². The van der Waals surface area contributed by atoms with Crippen molar-refractivity contribution in [2.24, 2.45) is 5.92 Å². The number of ether oxygens (including phenoxy) is 1. The molecule has 0 unspecified atom stereocenters. The average Bonchev–Trinajstić information content (AvgIpc) is 2.71. The average molecular weight is 211 g/mol. The summed E-state index contributed by atoms with van der Waals surface area (Å²) >= 11 is 0. The number of nitrogens with zero attached hydrogens (tertiary/aromatic N) is 2. The first-order valence-electron chi connectivity index (χ1n) is 5.39. The summed E-state index contributed by atoms with van der Waals surface area (Å²) in [5.74, 6) is 1.16. The van der Waals surface area contributed by atoms with E-state index in [0.717, 1.165) is 18.9 Å². The van der Waals surface area contributed by atoms with Gasteiger partial charge in [0.1, 0.15) is 6.10 Å². The molecule has 0 aromatic carbocycles. The van der Waals surface area contributed by atoms with Crippen LogP contribution in [-0.4, -0.2) is 21.4 Å². The van der Waals surface area contributed by atoms with Gasteiger partial charge in [0, 0.05) is 12.6 Å². The first-order chi connectivity index (χ1) is 7.11. The maximum atomic E-state index is 11.5. The largest absolute Gasteiger partial charge is 0.370 e. The number of aromatic amines is 1. The van der Waals surface area contributed by atoms with Crippen molar-refractivity contribution in [3.8, 4) is 0 Å². The van der Waals surface area contributed by atoms with Crippen molar-refractivity contribution in [1.29, 1.82) is 0 Å². The van der Waals surface area contributed by atoms with Crippen molar-refractivity contribution >= 4 is 0 Å². The van der Waals surface area contributed by atoms with E-state index in [-0.39, 0.29) is 17.8 Å². The van der Waals surface area contributed by atoms with E-state index in [1.54, 1.807) is 4.57 Å². The fourth-order valence-electron chi connectivity index (χ4n) is 2.04. The highest BCUT2D eigenvalue weighted by atomic mass is 16.5. The fourth-order valence-corrected chi connectivity index (χ4v) is 2.04. The predicted octanol–water partition coefficient (Wildman–Crippen LogP) is 1.25. The summed E-state index contributed by atoms with van der Waals surface area (Å²) in [5.41, 5.74) is -0.150. The molecule has 1 fully saturated rings. The van der Waals surface area contributed by atoms with E-state index >= 15 is 0 Å². The maximum absolute atomic E-state index is 11.5. The van der Waals surface area contributed by atoms with Crippen LogP contribution >= 0.6 is 0 Å². The SMILES string of the molecule is CC(C)n1c([C@@H]2OCC[C@H]2C)n[nH]c1=O. The van der Waals surface area contributed by atoms with Crippen LogP contribution in [0.1, 0.15) is 45.2 Å². The Bertz CT molecular complexity index is 394. The Morgan fingerprint density at radius 1 is 1.60 bits per heavy atom. The zero-order valence-electron chi connectivity index (χ0n) is 9.36. The van der Waals surface area contributed by atoms with Gasteiger partial charge in [0.25, 0.3) is 0 Å². The lowest BCUT2D eigenvalue weighted by Crippen LogP contribution is -2.23. The Kier molecular flexibility index (Phi) is 2.65. The molecule has 1 aliphatic rings. The van der Waals surface area contributed by atoms with Gasteiger partial charge in [0.05, 0.1) is 0 Å². The van der Waals surface area contributed by atoms with Crippen molar-refractivity contribution in [2.75, 3.05) is 6.61 Å². The maximum Gasteiger partial charge on any atom is 0.343 e. The third-order valence-electron chi connectivity index (χ3n) is 2.89. The zero-order chi connectivity index (χ0) is 11.0. The summed E-state index contributed by atoms with van der Waals surface area (Å²) in [7, 11) is 0.